The zero-order valence-electron chi connectivity index (χ0n) is 13.5. The highest BCUT2D eigenvalue weighted by Gasteiger charge is 2.34. The van der Waals surface area contributed by atoms with Crippen LogP contribution in [-0.4, -0.2) is 25.8 Å². The number of aromatic nitrogens is 3. The molecule has 0 radical (unpaired) electrons. The summed E-state index contributed by atoms with van der Waals surface area (Å²) in [5, 5.41) is 13.9. The molecule has 24 heavy (non-hydrogen) atoms. The van der Waals surface area contributed by atoms with Crippen molar-refractivity contribution in [2.75, 3.05) is 6.54 Å². The molecule has 7 heteroatoms. The third kappa shape index (κ3) is 1.98. The fourth-order valence-electron chi connectivity index (χ4n) is 3.66. The molecule has 0 saturated heterocycles. The monoisotopic (exact) mass is 343 g/mol. The third-order valence-corrected chi connectivity index (χ3v) is 5.48. The van der Waals surface area contributed by atoms with Gasteiger partial charge < -0.3 is 15.4 Å². The summed E-state index contributed by atoms with van der Waals surface area (Å²) in [4.78, 5) is 16.2. The Kier molecular flexibility index (Phi) is 3.36. The van der Waals surface area contributed by atoms with Crippen molar-refractivity contribution in [2.24, 2.45) is 14.1 Å². The van der Waals surface area contributed by atoms with Gasteiger partial charge in [0, 0.05) is 31.4 Å². The minimum atomic E-state index is -0.262. The average Bonchev–Trinajstić information content (AvgIpc) is 2.98. The molecule has 6 nitrogen and oxygen atoms in total. The molecule has 1 aromatic carbocycles. The van der Waals surface area contributed by atoms with Gasteiger partial charge in [-0.25, -0.2) is 0 Å². The van der Waals surface area contributed by atoms with Crippen LogP contribution in [-0.2, 0) is 20.5 Å². The van der Waals surface area contributed by atoms with Gasteiger partial charge in [-0.1, -0.05) is 18.2 Å². The molecular formula is C17H19N4O2S+. The van der Waals surface area contributed by atoms with Crippen molar-refractivity contribution in [3.8, 4) is 5.88 Å². The van der Waals surface area contributed by atoms with E-state index in [9.17, 15) is 9.90 Å². The second-order valence-corrected chi connectivity index (χ2v) is 6.62. The molecule has 0 saturated carbocycles. The molecule has 1 aliphatic rings. The molecular weight excluding hydrogens is 324 g/mol. The number of para-hydroxylation sites is 1. The van der Waals surface area contributed by atoms with Gasteiger partial charge in [0.05, 0.1) is 12.2 Å². The van der Waals surface area contributed by atoms with Crippen molar-refractivity contribution in [1.82, 2.24) is 14.1 Å². The van der Waals surface area contributed by atoms with E-state index in [2.05, 4.69) is 16.4 Å². The summed E-state index contributed by atoms with van der Waals surface area (Å²) in [6, 6.07) is 7.88. The summed E-state index contributed by atoms with van der Waals surface area (Å²) < 4.78 is 3.19. The number of benzene rings is 1. The van der Waals surface area contributed by atoms with E-state index in [1.807, 2.05) is 18.2 Å². The van der Waals surface area contributed by atoms with Gasteiger partial charge in [0.1, 0.15) is 5.56 Å². The summed E-state index contributed by atoms with van der Waals surface area (Å²) in [5.74, 6) is -0.0594. The molecule has 124 valence electrons. The number of nitrogens with two attached hydrogens (primary N) is 1. The van der Waals surface area contributed by atoms with Crippen LogP contribution in [0.4, 0.5) is 0 Å². The summed E-state index contributed by atoms with van der Waals surface area (Å²) >= 11 is 5.21. The smallest absolute Gasteiger partial charge is 0.267 e. The van der Waals surface area contributed by atoms with Crippen molar-refractivity contribution in [3.05, 3.63) is 56.2 Å². The molecule has 3 heterocycles. The lowest BCUT2D eigenvalue weighted by atomic mass is 9.95. The van der Waals surface area contributed by atoms with Crippen LogP contribution in [0.3, 0.4) is 0 Å². The maximum Gasteiger partial charge on any atom is 0.267 e. The number of rotatable bonds is 1. The minimum Gasteiger partial charge on any atom is -0.494 e. The van der Waals surface area contributed by atoms with E-state index in [-0.39, 0.29) is 17.5 Å². The second kappa shape index (κ2) is 5.32. The maximum absolute atomic E-state index is 12.8. The zero-order valence-corrected chi connectivity index (χ0v) is 14.4. The molecule has 0 fully saturated rings. The van der Waals surface area contributed by atoms with Gasteiger partial charge in [0.2, 0.25) is 5.88 Å². The average molecular weight is 343 g/mol. The van der Waals surface area contributed by atoms with Crippen molar-refractivity contribution < 1.29 is 10.4 Å². The van der Waals surface area contributed by atoms with Crippen LogP contribution in [0.15, 0.2) is 29.1 Å². The summed E-state index contributed by atoms with van der Waals surface area (Å²) in [6.07, 6.45) is 0.933. The molecule has 4 rings (SSSR count). The van der Waals surface area contributed by atoms with Crippen LogP contribution in [0, 0.1) is 4.77 Å². The number of hydrogen-bond acceptors (Lipinski definition) is 3. The standard InChI is InChI=1S/C17H18N4O2S/c1-20-15(22)12(16(23)21(2)17(20)24)14-13-10(7-8-18-14)9-5-3-4-6-11(9)19-13/h3-6,14,18-19,22H,7-8H2,1-2H3/p+1/t14-/m0/s1. The molecule has 0 aliphatic carbocycles. The topological polar surface area (TPSA) is 79.6 Å². The largest absolute Gasteiger partial charge is 0.494 e. The first kappa shape index (κ1) is 15.2. The Balaban J connectivity index is 2.02. The Morgan fingerprint density at radius 2 is 2.04 bits per heavy atom. The number of nitrogens with zero attached hydrogens (tertiary/aromatic N) is 2. The molecule has 3 aromatic rings. The van der Waals surface area contributed by atoms with Crippen molar-refractivity contribution in [1.29, 1.82) is 0 Å². The number of quaternary nitrogens is 1. The Morgan fingerprint density at radius 3 is 2.83 bits per heavy atom. The highest BCUT2D eigenvalue weighted by atomic mass is 32.1. The van der Waals surface area contributed by atoms with Gasteiger partial charge in [0.15, 0.2) is 10.8 Å². The first-order valence-electron chi connectivity index (χ1n) is 7.92. The van der Waals surface area contributed by atoms with E-state index in [0.29, 0.717) is 10.3 Å². The molecule has 0 bridgehead atoms. The molecule has 1 atom stereocenters. The van der Waals surface area contributed by atoms with E-state index < -0.39 is 0 Å². The SMILES string of the molecule is Cn1c(O)c([C@@H]2[NH2+]CCc3c2[nH]c2ccccc32)c(=O)n(C)c1=S. The van der Waals surface area contributed by atoms with Crippen LogP contribution >= 0.6 is 12.2 Å². The van der Waals surface area contributed by atoms with E-state index in [0.717, 1.165) is 24.2 Å². The molecule has 0 spiro atoms. The lowest BCUT2D eigenvalue weighted by Gasteiger charge is -2.23. The Hall–Kier alpha value is -2.38. The van der Waals surface area contributed by atoms with Gasteiger partial charge in [-0.2, -0.15) is 0 Å². The number of hydrogen-bond donors (Lipinski definition) is 3. The van der Waals surface area contributed by atoms with E-state index >= 15 is 0 Å². The predicted octanol–water partition coefficient (Wildman–Crippen LogP) is 0.849. The Labute approximate surface area is 143 Å². The number of H-pyrrole nitrogens is 1. The number of nitrogens with one attached hydrogen (secondary N) is 1. The first-order chi connectivity index (χ1) is 11.5. The quantitative estimate of drug-likeness (QED) is 0.573. The summed E-state index contributed by atoms with van der Waals surface area (Å²) in [5.41, 5.74) is 3.41. The van der Waals surface area contributed by atoms with E-state index in [4.69, 9.17) is 12.2 Å². The van der Waals surface area contributed by atoms with Crippen molar-refractivity contribution in [3.63, 3.8) is 0 Å². The predicted molar refractivity (Wildman–Crippen MR) is 93.8 cm³/mol. The molecule has 0 unspecified atom stereocenters. The van der Waals surface area contributed by atoms with Gasteiger partial charge in [0.25, 0.3) is 5.56 Å². The number of fused-ring (bicyclic) bond motifs is 3. The highest BCUT2D eigenvalue weighted by molar-refractivity contribution is 7.71. The van der Waals surface area contributed by atoms with Crippen LogP contribution in [0.1, 0.15) is 22.9 Å². The van der Waals surface area contributed by atoms with Crippen molar-refractivity contribution in [2.45, 2.75) is 12.5 Å². The molecule has 0 amide bonds. The minimum absolute atomic E-state index is 0.0594. The summed E-state index contributed by atoms with van der Waals surface area (Å²) in [6.45, 7) is 0.863. The number of aromatic hydroxyl groups is 1. The van der Waals surface area contributed by atoms with Crippen LogP contribution in [0.5, 0.6) is 5.88 Å². The van der Waals surface area contributed by atoms with E-state index in [1.54, 1.807) is 14.1 Å². The fraction of sp³-hybridized carbons (Fsp3) is 0.294. The Bertz CT molecular complexity index is 1080. The fourth-order valence-corrected chi connectivity index (χ4v) is 3.83. The molecule has 1 aliphatic heterocycles. The van der Waals surface area contributed by atoms with Crippen molar-refractivity contribution >= 4 is 23.1 Å². The maximum atomic E-state index is 12.8. The van der Waals surface area contributed by atoms with Gasteiger partial charge in [-0.15, -0.1) is 0 Å². The molecule has 2 aromatic heterocycles. The zero-order chi connectivity index (χ0) is 17.0. The molecule has 4 N–H and O–H groups in total. The van der Waals surface area contributed by atoms with E-state index in [1.165, 1.54) is 20.1 Å². The van der Waals surface area contributed by atoms with Gasteiger partial charge >= 0.3 is 0 Å². The lowest BCUT2D eigenvalue weighted by Crippen LogP contribution is -2.87. The highest BCUT2D eigenvalue weighted by Crippen LogP contribution is 2.32. The first-order valence-corrected chi connectivity index (χ1v) is 8.33. The van der Waals surface area contributed by atoms with Crippen LogP contribution < -0.4 is 10.9 Å². The van der Waals surface area contributed by atoms with Crippen LogP contribution in [0.25, 0.3) is 10.9 Å². The third-order valence-electron chi connectivity index (χ3n) is 4.93. The Morgan fingerprint density at radius 1 is 1.29 bits per heavy atom. The van der Waals surface area contributed by atoms with Gasteiger partial charge in [-0.05, 0) is 23.8 Å². The number of aromatic amines is 1. The van der Waals surface area contributed by atoms with Crippen LogP contribution in [0.2, 0.25) is 0 Å². The summed E-state index contributed by atoms with van der Waals surface area (Å²) in [7, 11) is 3.32. The second-order valence-electron chi connectivity index (χ2n) is 6.26. The normalized spacial score (nSPS) is 17.2. The lowest BCUT2D eigenvalue weighted by molar-refractivity contribution is -0.690. The van der Waals surface area contributed by atoms with Gasteiger partial charge in [-0.3, -0.25) is 13.9 Å².